The SMILES string of the molecule is COC(=O)CC(N)c1cc(Br)ccc1F. The van der Waals surface area contributed by atoms with E-state index in [1.54, 1.807) is 12.1 Å². The van der Waals surface area contributed by atoms with Gasteiger partial charge in [0.25, 0.3) is 0 Å². The van der Waals surface area contributed by atoms with Crippen LogP contribution in [0.5, 0.6) is 0 Å². The molecule has 2 N–H and O–H groups in total. The van der Waals surface area contributed by atoms with Crippen LogP contribution in [0.3, 0.4) is 0 Å². The highest BCUT2D eigenvalue weighted by molar-refractivity contribution is 9.10. The number of hydrogen-bond donors (Lipinski definition) is 1. The summed E-state index contributed by atoms with van der Waals surface area (Å²) in [6, 6.07) is 3.75. The molecular formula is C10H11BrFNO2. The van der Waals surface area contributed by atoms with Gasteiger partial charge in [0, 0.05) is 16.1 Å². The van der Waals surface area contributed by atoms with Crippen LogP contribution in [-0.4, -0.2) is 13.1 Å². The van der Waals surface area contributed by atoms with Crippen molar-refractivity contribution in [2.75, 3.05) is 7.11 Å². The Bertz CT molecular complexity index is 370. The number of carbonyl (C=O) groups excluding carboxylic acids is 1. The molecular weight excluding hydrogens is 265 g/mol. The first-order valence-corrected chi connectivity index (χ1v) is 5.11. The lowest BCUT2D eigenvalue weighted by Crippen LogP contribution is -2.17. The topological polar surface area (TPSA) is 52.3 Å². The zero-order chi connectivity index (χ0) is 11.4. The highest BCUT2D eigenvalue weighted by Crippen LogP contribution is 2.22. The van der Waals surface area contributed by atoms with E-state index >= 15 is 0 Å². The molecule has 0 amide bonds. The van der Waals surface area contributed by atoms with Gasteiger partial charge in [-0.2, -0.15) is 0 Å². The van der Waals surface area contributed by atoms with Crippen LogP contribution in [0.4, 0.5) is 4.39 Å². The van der Waals surface area contributed by atoms with E-state index < -0.39 is 17.8 Å². The predicted octanol–water partition coefficient (Wildman–Crippen LogP) is 2.15. The zero-order valence-corrected chi connectivity index (χ0v) is 9.75. The molecule has 0 spiro atoms. The third-order valence-corrected chi connectivity index (χ3v) is 2.47. The third kappa shape index (κ3) is 3.28. The highest BCUT2D eigenvalue weighted by Gasteiger charge is 2.15. The van der Waals surface area contributed by atoms with Crippen LogP contribution < -0.4 is 5.73 Å². The van der Waals surface area contributed by atoms with Crippen molar-refractivity contribution in [1.82, 2.24) is 0 Å². The van der Waals surface area contributed by atoms with E-state index in [-0.39, 0.29) is 6.42 Å². The Kier molecular flexibility index (Phi) is 4.23. The highest BCUT2D eigenvalue weighted by atomic mass is 79.9. The summed E-state index contributed by atoms with van der Waals surface area (Å²) in [7, 11) is 1.27. The summed E-state index contributed by atoms with van der Waals surface area (Å²) in [5, 5.41) is 0. The molecule has 0 saturated carbocycles. The Morgan fingerprint density at radius 1 is 1.67 bits per heavy atom. The standard InChI is InChI=1S/C10H11BrFNO2/c1-15-10(14)5-9(13)7-4-6(11)2-3-8(7)12/h2-4,9H,5,13H2,1H3. The fraction of sp³-hybridized carbons (Fsp3) is 0.300. The zero-order valence-electron chi connectivity index (χ0n) is 8.17. The number of methoxy groups -OCH3 is 1. The number of nitrogens with two attached hydrogens (primary N) is 1. The van der Waals surface area contributed by atoms with Crippen LogP contribution in [0.2, 0.25) is 0 Å². The number of benzene rings is 1. The van der Waals surface area contributed by atoms with E-state index in [0.717, 1.165) is 4.47 Å². The van der Waals surface area contributed by atoms with E-state index in [2.05, 4.69) is 20.7 Å². The summed E-state index contributed by atoms with van der Waals surface area (Å²) < 4.78 is 18.5. The lowest BCUT2D eigenvalue weighted by atomic mass is 10.0. The quantitative estimate of drug-likeness (QED) is 0.860. The lowest BCUT2D eigenvalue weighted by molar-refractivity contribution is -0.141. The van der Waals surface area contributed by atoms with Gasteiger partial charge in [0.2, 0.25) is 0 Å². The number of carbonyl (C=O) groups is 1. The molecule has 82 valence electrons. The first-order chi connectivity index (χ1) is 7.04. The van der Waals surface area contributed by atoms with E-state index in [1.165, 1.54) is 13.2 Å². The third-order valence-electron chi connectivity index (χ3n) is 1.97. The summed E-state index contributed by atoms with van der Waals surface area (Å²) in [5.74, 6) is -0.878. The fourth-order valence-corrected chi connectivity index (χ4v) is 1.55. The number of rotatable bonds is 3. The van der Waals surface area contributed by atoms with E-state index in [0.29, 0.717) is 5.56 Å². The lowest BCUT2D eigenvalue weighted by Gasteiger charge is -2.11. The number of ether oxygens (including phenoxy) is 1. The maximum Gasteiger partial charge on any atom is 0.307 e. The van der Waals surface area contributed by atoms with Gasteiger partial charge in [0.05, 0.1) is 13.5 Å². The number of halogens is 2. The predicted molar refractivity (Wildman–Crippen MR) is 57.7 cm³/mol. The molecule has 0 aliphatic rings. The molecule has 1 rings (SSSR count). The molecule has 1 aromatic carbocycles. The molecule has 3 nitrogen and oxygen atoms in total. The average Bonchev–Trinajstić information content (AvgIpc) is 2.21. The van der Waals surface area contributed by atoms with E-state index in [4.69, 9.17) is 5.73 Å². The molecule has 0 aliphatic heterocycles. The van der Waals surface area contributed by atoms with Gasteiger partial charge in [-0.1, -0.05) is 15.9 Å². The minimum absolute atomic E-state index is 0.0378. The Labute approximate surface area is 95.5 Å². The van der Waals surface area contributed by atoms with Gasteiger partial charge in [-0.15, -0.1) is 0 Å². The first kappa shape index (κ1) is 12.1. The first-order valence-electron chi connectivity index (χ1n) is 4.32. The Morgan fingerprint density at radius 3 is 2.93 bits per heavy atom. The van der Waals surface area contributed by atoms with Crippen LogP contribution in [0.25, 0.3) is 0 Å². The van der Waals surface area contributed by atoms with Gasteiger partial charge in [0.15, 0.2) is 0 Å². The van der Waals surface area contributed by atoms with Crippen molar-refractivity contribution >= 4 is 21.9 Å². The summed E-state index contributed by atoms with van der Waals surface area (Å²) >= 11 is 3.21. The van der Waals surface area contributed by atoms with Gasteiger partial charge < -0.3 is 10.5 Å². The molecule has 0 radical (unpaired) electrons. The van der Waals surface area contributed by atoms with Crippen LogP contribution >= 0.6 is 15.9 Å². The summed E-state index contributed by atoms with van der Waals surface area (Å²) in [6.45, 7) is 0. The summed E-state index contributed by atoms with van der Waals surface area (Å²) in [4.78, 5) is 11.0. The van der Waals surface area contributed by atoms with Crippen molar-refractivity contribution in [2.45, 2.75) is 12.5 Å². The Morgan fingerprint density at radius 2 is 2.33 bits per heavy atom. The molecule has 15 heavy (non-hydrogen) atoms. The molecule has 0 heterocycles. The van der Waals surface area contributed by atoms with Crippen LogP contribution in [-0.2, 0) is 9.53 Å². The maximum absolute atomic E-state index is 13.3. The van der Waals surface area contributed by atoms with Crippen LogP contribution in [0.15, 0.2) is 22.7 Å². The molecule has 0 bridgehead atoms. The maximum atomic E-state index is 13.3. The Balaban J connectivity index is 2.85. The van der Waals surface area contributed by atoms with Crippen molar-refractivity contribution in [1.29, 1.82) is 0 Å². The van der Waals surface area contributed by atoms with E-state index in [9.17, 15) is 9.18 Å². The molecule has 1 unspecified atom stereocenters. The van der Waals surface area contributed by atoms with Gasteiger partial charge >= 0.3 is 5.97 Å². The molecule has 1 atom stereocenters. The summed E-state index contributed by atoms with van der Waals surface area (Å²) in [5.41, 5.74) is 5.98. The second-order valence-electron chi connectivity index (χ2n) is 3.05. The van der Waals surface area contributed by atoms with Crippen molar-refractivity contribution in [2.24, 2.45) is 5.73 Å². The van der Waals surface area contributed by atoms with Gasteiger partial charge in [0.1, 0.15) is 5.82 Å². The largest absolute Gasteiger partial charge is 0.469 e. The van der Waals surface area contributed by atoms with E-state index in [1.807, 2.05) is 0 Å². The number of esters is 1. The molecule has 0 saturated heterocycles. The smallest absolute Gasteiger partial charge is 0.307 e. The molecule has 0 aliphatic carbocycles. The monoisotopic (exact) mass is 275 g/mol. The average molecular weight is 276 g/mol. The second-order valence-corrected chi connectivity index (χ2v) is 3.97. The minimum atomic E-state index is -0.685. The van der Waals surface area contributed by atoms with Gasteiger partial charge in [-0.25, -0.2) is 4.39 Å². The van der Waals surface area contributed by atoms with Gasteiger partial charge in [-0.3, -0.25) is 4.79 Å². The van der Waals surface area contributed by atoms with Crippen molar-refractivity contribution in [3.05, 3.63) is 34.1 Å². The van der Waals surface area contributed by atoms with Crippen LogP contribution in [0.1, 0.15) is 18.0 Å². The molecule has 5 heteroatoms. The van der Waals surface area contributed by atoms with Gasteiger partial charge in [-0.05, 0) is 18.2 Å². The Hall–Kier alpha value is -0.940. The minimum Gasteiger partial charge on any atom is -0.469 e. The molecule has 0 fully saturated rings. The second kappa shape index (κ2) is 5.23. The fourth-order valence-electron chi connectivity index (χ4n) is 1.17. The molecule has 0 aromatic heterocycles. The normalized spacial score (nSPS) is 12.3. The van der Waals surface area contributed by atoms with Crippen molar-refractivity contribution < 1.29 is 13.9 Å². The van der Waals surface area contributed by atoms with Crippen molar-refractivity contribution in [3.8, 4) is 0 Å². The summed E-state index contributed by atoms with van der Waals surface area (Å²) in [6.07, 6.45) is -0.0378. The molecule has 1 aromatic rings. The van der Waals surface area contributed by atoms with Crippen LogP contribution in [0, 0.1) is 5.82 Å². The van der Waals surface area contributed by atoms with Crippen molar-refractivity contribution in [3.63, 3.8) is 0 Å². The number of hydrogen-bond acceptors (Lipinski definition) is 3.